The van der Waals surface area contributed by atoms with Crippen molar-refractivity contribution in [3.05, 3.63) is 58.3 Å². The minimum atomic E-state index is -0.654. The van der Waals surface area contributed by atoms with Crippen molar-refractivity contribution in [2.24, 2.45) is 0 Å². The fourth-order valence-electron chi connectivity index (χ4n) is 2.12. The molecule has 6 heteroatoms. The van der Waals surface area contributed by atoms with Gasteiger partial charge >= 0.3 is 0 Å². The van der Waals surface area contributed by atoms with Crippen LogP contribution >= 0.6 is 27.5 Å². The first-order valence-electron chi connectivity index (χ1n) is 5.78. The van der Waals surface area contributed by atoms with Gasteiger partial charge in [0.05, 0.1) is 22.6 Å². The molecule has 2 nitrogen and oxygen atoms in total. The summed E-state index contributed by atoms with van der Waals surface area (Å²) in [6.45, 7) is 0. The summed E-state index contributed by atoms with van der Waals surface area (Å²) in [5.41, 5.74) is 1.64. The molecule has 3 rings (SSSR count). The molecule has 0 saturated carbocycles. The highest BCUT2D eigenvalue weighted by atomic mass is 79.9. The van der Waals surface area contributed by atoms with Gasteiger partial charge in [-0.25, -0.2) is 13.8 Å². The molecule has 102 valence electrons. The first-order chi connectivity index (χ1) is 9.60. The highest BCUT2D eigenvalue weighted by molar-refractivity contribution is 9.10. The number of alkyl halides is 1. The molecule has 2 aromatic carbocycles. The predicted molar refractivity (Wildman–Crippen MR) is 78.2 cm³/mol. The van der Waals surface area contributed by atoms with Crippen LogP contribution in [0.5, 0.6) is 0 Å². The van der Waals surface area contributed by atoms with Gasteiger partial charge in [0, 0.05) is 10.5 Å². The van der Waals surface area contributed by atoms with Crippen LogP contribution in [0, 0.1) is 11.6 Å². The Labute approximate surface area is 127 Å². The van der Waals surface area contributed by atoms with Crippen LogP contribution in [0.1, 0.15) is 5.82 Å². The first-order valence-corrected chi connectivity index (χ1v) is 7.11. The van der Waals surface area contributed by atoms with Crippen LogP contribution < -0.4 is 0 Å². The quantitative estimate of drug-likeness (QED) is 0.602. The van der Waals surface area contributed by atoms with Crippen molar-refractivity contribution in [1.29, 1.82) is 0 Å². The fourth-order valence-corrected chi connectivity index (χ4v) is 2.65. The molecular weight excluding hydrogens is 350 g/mol. The van der Waals surface area contributed by atoms with E-state index in [9.17, 15) is 8.78 Å². The lowest BCUT2D eigenvalue weighted by atomic mass is 10.2. The second-order valence-corrected chi connectivity index (χ2v) is 5.41. The molecular formula is C14H8BrClF2N2. The molecule has 20 heavy (non-hydrogen) atoms. The standard InChI is InChI=1S/C14H8BrClF2N2/c15-8-1-3-13-11(5-8)19-14(7-16)20(13)12-4-2-9(17)6-10(12)18/h1-6H,7H2. The SMILES string of the molecule is Fc1ccc(-n2c(CCl)nc3cc(Br)ccc32)c(F)c1. The summed E-state index contributed by atoms with van der Waals surface area (Å²) < 4.78 is 29.5. The van der Waals surface area contributed by atoms with Crippen LogP contribution in [0.2, 0.25) is 0 Å². The van der Waals surface area contributed by atoms with E-state index in [0.29, 0.717) is 16.9 Å². The minimum absolute atomic E-state index is 0.128. The Bertz CT molecular complexity index is 801. The van der Waals surface area contributed by atoms with Gasteiger partial charge in [-0.2, -0.15) is 0 Å². The van der Waals surface area contributed by atoms with Gasteiger partial charge in [0.1, 0.15) is 17.5 Å². The second-order valence-electron chi connectivity index (χ2n) is 4.23. The average Bonchev–Trinajstić information content (AvgIpc) is 2.76. The lowest BCUT2D eigenvalue weighted by Gasteiger charge is -2.09. The van der Waals surface area contributed by atoms with E-state index in [1.165, 1.54) is 12.1 Å². The van der Waals surface area contributed by atoms with Gasteiger partial charge in [-0.15, -0.1) is 11.6 Å². The van der Waals surface area contributed by atoms with E-state index in [2.05, 4.69) is 20.9 Å². The van der Waals surface area contributed by atoms with Gasteiger partial charge in [0.2, 0.25) is 0 Å². The number of fused-ring (bicyclic) bond motifs is 1. The van der Waals surface area contributed by atoms with E-state index in [1.807, 2.05) is 18.2 Å². The smallest absolute Gasteiger partial charge is 0.150 e. The molecule has 0 amide bonds. The number of hydrogen-bond acceptors (Lipinski definition) is 1. The van der Waals surface area contributed by atoms with Crippen LogP contribution in [0.3, 0.4) is 0 Å². The number of rotatable bonds is 2. The lowest BCUT2D eigenvalue weighted by Crippen LogP contribution is -2.02. The van der Waals surface area contributed by atoms with E-state index >= 15 is 0 Å². The molecule has 3 aromatic rings. The van der Waals surface area contributed by atoms with E-state index in [0.717, 1.165) is 10.5 Å². The van der Waals surface area contributed by atoms with Gasteiger partial charge in [-0.1, -0.05) is 15.9 Å². The van der Waals surface area contributed by atoms with Crippen LogP contribution in [-0.4, -0.2) is 9.55 Å². The van der Waals surface area contributed by atoms with Gasteiger partial charge < -0.3 is 0 Å². The maximum Gasteiger partial charge on any atom is 0.150 e. The summed E-state index contributed by atoms with van der Waals surface area (Å²) in [7, 11) is 0. The molecule has 0 aliphatic carbocycles. The van der Waals surface area contributed by atoms with Crippen molar-refractivity contribution in [1.82, 2.24) is 9.55 Å². The molecule has 0 aliphatic heterocycles. The molecule has 0 fully saturated rings. The Kier molecular flexibility index (Phi) is 3.48. The summed E-state index contributed by atoms with van der Waals surface area (Å²) in [5.74, 6) is -0.641. The Balaban J connectivity index is 2.34. The third-order valence-electron chi connectivity index (χ3n) is 2.96. The molecule has 0 bridgehead atoms. The predicted octanol–water partition coefficient (Wildman–Crippen LogP) is 4.81. The average molecular weight is 358 g/mol. The zero-order chi connectivity index (χ0) is 14.3. The Morgan fingerprint density at radius 3 is 2.65 bits per heavy atom. The molecule has 0 aliphatic rings. The van der Waals surface area contributed by atoms with E-state index < -0.39 is 11.6 Å². The molecule has 0 atom stereocenters. The monoisotopic (exact) mass is 356 g/mol. The summed E-state index contributed by atoms with van der Waals surface area (Å²) in [6.07, 6.45) is 0. The Morgan fingerprint density at radius 2 is 1.95 bits per heavy atom. The van der Waals surface area contributed by atoms with Crippen LogP contribution in [0.25, 0.3) is 16.7 Å². The number of nitrogens with zero attached hydrogens (tertiary/aromatic N) is 2. The first kappa shape index (κ1) is 13.5. The maximum atomic E-state index is 14.0. The third-order valence-corrected chi connectivity index (χ3v) is 3.69. The van der Waals surface area contributed by atoms with Gasteiger partial charge in [0.25, 0.3) is 0 Å². The molecule has 0 spiro atoms. The van der Waals surface area contributed by atoms with Gasteiger partial charge in [-0.05, 0) is 30.3 Å². The third kappa shape index (κ3) is 2.21. The summed E-state index contributed by atoms with van der Waals surface area (Å²) in [4.78, 5) is 4.37. The zero-order valence-corrected chi connectivity index (χ0v) is 12.4. The Morgan fingerprint density at radius 1 is 1.15 bits per heavy atom. The van der Waals surface area contributed by atoms with Gasteiger partial charge in [-0.3, -0.25) is 4.57 Å². The van der Waals surface area contributed by atoms with Crippen molar-refractivity contribution in [3.63, 3.8) is 0 Å². The highest BCUT2D eigenvalue weighted by Gasteiger charge is 2.15. The van der Waals surface area contributed by atoms with Crippen molar-refractivity contribution in [2.75, 3.05) is 0 Å². The van der Waals surface area contributed by atoms with E-state index in [4.69, 9.17) is 11.6 Å². The van der Waals surface area contributed by atoms with Crippen LogP contribution in [-0.2, 0) is 5.88 Å². The van der Waals surface area contributed by atoms with Crippen molar-refractivity contribution in [2.45, 2.75) is 5.88 Å². The highest BCUT2D eigenvalue weighted by Crippen LogP contribution is 2.26. The Hall–Kier alpha value is -1.46. The maximum absolute atomic E-state index is 14.0. The fraction of sp³-hybridized carbons (Fsp3) is 0.0714. The molecule has 0 N–H and O–H groups in total. The zero-order valence-electron chi connectivity index (χ0n) is 10.1. The van der Waals surface area contributed by atoms with E-state index in [1.54, 1.807) is 4.57 Å². The molecule has 0 radical (unpaired) electrons. The van der Waals surface area contributed by atoms with Crippen LogP contribution in [0.15, 0.2) is 40.9 Å². The number of aromatic nitrogens is 2. The normalized spacial score (nSPS) is 11.2. The lowest BCUT2D eigenvalue weighted by molar-refractivity contribution is 0.577. The van der Waals surface area contributed by atoms with E-state index in [-0.39, 0.29) is 11.6 Å². The summed E-state index contributed by atoms with van der Waals surface area (Å²) in [6, 6.07) is 8.90. The summed E-state index contributed by atoms with van der Waals surface area (Å²) >= 11 is 9.25. The largest absolute Gasteiger partial charge is 0.292 e. The van der Waals surface area contributed by atoms with Crippen molar-refractivity contribution < 1.29 is 8.78 Å². The number of halogens is 4. The number of hydrogen-bond donors (Lipinski definition) is 0. The molecule has 0 unspecified atom stereocenters. The van der Waals surface area contributed by atoms with Crippen molar-refractivity contribution >= 4 is 38.6 Å². The summed E-state index contributed by atoms with van der Waals surface area (Å²) in [5, 5.41) is 0. The molecule has 0 saturated heterocycles. The minimum Gasteiger partial charge on any atom is -0.292 e. The second kappa shape index (κ2) is 5.14. The van der Waals surface area contributed by atoms with Crippen LogP contribution in [0.4, 0.5) is 8.78 Å². The molecule has 1 heterocycles. The molecule has 1 aromatic heterocycles. The topological polar surface area (TPSA) is 17.8 Å². The van der Waals surface area contributed by atoms with Crippen molar-refractivity contribution in [3.8, 4) is 5.69 Å². The van der Waals surface area contributed by atoms with Gasteiger partial charge in [0.15, 0.2) is 0 Å². The number of imidazole rings is 1. The number of benzene rings is 2.